The van der Waals surface area contributed by atoms with Gasteiger partial charge in [0.05, 0.1) is 0 Å². The molecule has 1 aromatic carbocycles. The molecule has 0 aliphatic rings. The molecule has 0 aliphatic carbocycles. The summed E-state index contributed by atoms with van der Waals surface area (Å²) < 4.78 is 18.2. The average Bonchev–Trinajstić information content (AvgIpc) is 2.33. The largest absolute Gasteiger partial charge is 0.458 e. The predicted molar refractivity (Wildman–Crippen MR) is 78.3 cm³/mol. The third kappa shape index (κ3) is 5.53. The van der Waals surface area contributed by atoms with E-state index in [0.717, 1.165) is 0 Å². The summed E-state index contributed by atoms with van der Waals surface area (Å²) in [6.45, 7) is 8.94. The Labute approximate surface area is 124 Å². The maximum Gasteiger partial charge on any atom is 0.329 e. The highest BCUT2D eigenvalue weighted by atomic mass is 19.1. The zero-order chi connectivity index (χ0) is 16.2. The van der Waals surface area contributed by atoms with Crippen molar-refractivity contribution in [3.8, 4) is 0 Å². The minimum Gasteiger partial charge on any atom is -0.458 e. The fourth-order valence-corrected chi connectivity index (χ4v) is 1.69. The van der Waals surface area contributed by atoms with Crippen LogP contribution in [0.4, 0.5) is 4.39 Å². The van der Waals surface area contributed by atoms with Gasteiger partial charge in [0.1, 0.15) is 17.5 Å². The Kier molecular flexibility index (Phi) is 5.47. The monoisotopic (exact) mass is 295 g/mol. The quantitative estimate of drug-likeness (QED) is 0.869. The minimum absolute atomic E-state index is 0.121. The van der Waals surface area contributed by atoms with Crippen LogP contribution in [0, 0.1) is 11.7 Å². The van der Waals surface area contributed by atoms with E-state index in [2.05, 4.69) is 5.32 Å². The van der Waals surface area contributed by atoms with Gasteiger partial charge in [0, 0.05) is 5.56 Å². The minimum atomic E-state index is -0.748. The van der Waals surface area contributed by atoms with Crippen molar-refractivity contribution in [1.29, 1.82) is 0 Å². The lowest BCUT2D eigenvalue weighted by Crippen LogP contribution is -2.47. The summed E-state index contributed by atoms with van der Waals surface area (Å²) in [4.78, 5) is 24.2. The van der Waals surface area contributed by atoms with Gasteiger partial charge in [0.15, 0.2) is 0 Å². The molecule has 0 bridgehead atoms. The van der Waals surface area contributed by atoms with E-state index in [-0.39, 0.29) is 5.92 Å². The number of halogens is 1. The fourth-order valence-electron chi connectivity index (χ4n) is 1.69. The Balaban J connectivity index is 2.81. The third-order valence-electron chi connectivity index (χ3n) is 2.72. The number of carbonyl (C=O) groups is 2. The van der Waals surface area contributed by atoms with E-state index in [1.807, 2.05) is 13.8 Å². The second kappa shape index (κ2) is 6.70. The first kappa shape index (κ1) is 17.1. The van der Waals surface area contributed by atoms with Crippen LogP contribution in [0.2, 0.25) is 0 Å². The number of carbonyl (C=O) groups excluding carboxylic acids is 2. The standard InChI is InChI=1S/C16H22FNO3/c1-10(2)13(15(20)21-16(3,4)5)18-14(19)11-6-8-12(17)9-7-11/h6-10,13H,1-5H3,(H,18,19)/t13-/m1/s1. The predicted octanol–water partition coefficient (Wildman–Crippen LogP) is 2.92. The van der Waals surface area contributed by atoms with Gasteiger partial charge in [0.25, 0.3) is 5.91 Å². The molecule has 0 spiro atoms. The van der Waals surface area contributed by atoms with Crippen LogP contribution in [0.15, 0.2) is 24.3 Å². The van der Waals surface area contributed by atoms with Crippen molar-refractivity contribution < 1.29 is 18.7 Å². The summed E-state index contributed by atoms with van der Waals surface area (Å²) in [6.07, 6.45) is 0. The van der Waals surface area contributed by atoms with Gasteiger partial charge in [-0.15, -0.1) is 0 Å². The molecule has 4 nitrogen and oxygen atoms in total. The van der Waals surface area contributed by atoms with E-state index < -0.39 is 29.3 Å². The lowest BCUT2D eigenvalue weighted by atomic mass is 10.0. The van der Waals surface area contributed by atoms with E-state index >= 15 is 0 Å². The molecule has 0 heterocycles. The molecule has 0 radical (unpaired) electrons. The maximum atomic E-state index is 12.8. The molecule has 116 valence electrons. The van der Waals surface area contributed by atoms with Crippen LogP contribution in [0.5, 0.6) is 0 Å². The second-order valence-electron chi connectivity index (χ2n) is 6.24. The highest BCUT2D eigenvalue weighted by Crippen LogP contribution is 2.13. The average molecular weight is 295 g/mol. The van der Waals surface area contributed by atoms with Crippen molar-refractivity contribution >= 4 is 11.9 Å². The smallest absolute Gasteiger partial charge is 0.329 e. The zero-order valence-corrected chi connectivity index (χ0v) is 13.1. The Bertz CT molecular complexity index is 503. The molecule has 1 rings (SSSR count). The molecule has 0 saturated heterocycles. The Morgan fingerprint density at radius 1 is 1.14 bits per heavy atom. The Hall–Kier alpha value is -1.91. The van der Waals surface area contributed by atoms with E-state index in [1.165, 1.54) is 24.3 Å². The van der Waals surface area contributed by atoms with Crippen molar-refractivity contribution in [2.75, 3.05) is 0 Å². The number of hydrogen-bond acceptors (Lipinski definition) is 3. The first-order valence-corrected chi connectivity index (χ1v) is 6.89. The molecule has 0 aliphatic heterocycles. The van der Waals surface area contributed by atoms with E-state index in [4.69, 9.17) is 4.74 Å². The Morgan fingerprint density at radius 3 is 2.10 bits per heavy atom. The summed E-state index contributed by atoms with van der Waals surface area (Å²) >= 11 is 0. The molecule has 21 heavy (non-hydrogen) atoms. The molecular weight excluding hydrogens is 273 g/mol. The van der Waals surface area contributed by atoms with Crippen LogP contribution in [0.3, 0.4) is 0 Å². The molecular formula is C16H22FNO3. The van der Waals surface area contributed by atoms with Crippen LogP contribution in [-0.2, 0) is 9.53 Å². The zero-order valence-electron chi connectivity index (χ0n) is 13.1. The topological polar surface area (TPSA) is 55.4 Å². The van der Waals surface area contributed by atoms with Gasteiger partial charge < -0.3 is 10.1 Å². The first-order valence-electron chi connectivity index (χ1n) is 6.89. The summed E-state index contributed by atoms with van der Waals surface area (Å²) in [5, 5.41) is 2.64. The van der Waals surface area contributed by atoms with E-state index in [0.29, 0.717) is 5.56 Å². The van der Waals surface area contributed by atoms with Gasteiger partial charge >= 0.3 is 5.97 Å². The van der Waals surface area contributed by atoms with Crippen molar-refractivity contribution in [1.82, 2.24) is 5.32 Å². The molecule has 0 saturated carbocycles. The number of nitrogens with one attached hydrogen (secondary N) is 1. The van der Waals surface area contributed by atoms with Crippen LogP contribution in [0.1, 0.15) is 45.0 Å². The molecule has 0 fully saturated rings. The maximum absolute atomic E-state index is 12.8. The normalized spacial score (nSPS) is 12.9. The van der Waals surface area contributed by atoms with Crippen LogP contribution in [0.25, 0.3) is 0 Å². The van der Waals surface area contributed by atoms with Crippen molar-refractivity contribution in [2.45, 2.75) is 46.3 Å². The van der Waals surface area contributed by atoms with Gasteiger partial charge in [0.2, 0.25) is 0 Å². The number of ether oxygens (including phenoxy) is 1. The number of hydrogen-bond donors (Lipinski definition) is 1. The van der Waals surface area contributed by atoms with Gasteiger partial charge in [-0.2, -0.15) is 0 Å². The summed E-state index contributed by atoms with van der Waals surface area (Å²) in [7, 11) is 0. The molecule has 1 atom stereocenters. The van der Waals surface area contributed by atoms with Gasteiger partial charge in [-0.1, -0.05) is 13.8 Å². The molecule has 1 N–H and O–H groups in total. The van der Waals surface area contributed by atoms with Gasteiger partial charge in [-0.25, -0.2) is 9.18 Å². The molecule has 0 unspecified atom stereocenters. The van der Waals surface area contributed by atoms with E-state index in [1.54, 1.807) is 20.8 Å². The van der Waals surface area contributed by atoms with Crippen LogP contribution < -0.4 is 5.32 Å². The van der Waals surface area contributed by atoms with Gasteiger partial charge in [-0.3, -0.25) is 4.79 Å². The fraction of sp³-hybridized carbons (Fsp3) is 0.500. The van der Waals surface area contributed by atoms with E-state index in [9.17, 15) is 14.0 Å². The lowest BCUT2D eigenvalue weighted by Gasteiger charge is -2.26. The first-order chi connectivity index (χ1) is 9.60. The molecule has 5 heteroatoms. The molecule has 1 amide bonds. The highest BCUT2D eigenvalue weighted by Gasteiger charge is 2.29. The lowest BCUT2D eigenvalue weighted by molar-refractivity contribution is -0.158. The number of esters is 1. The highest BCUT2D eigenvalue weighted by molar-refractivity contribution is 5.96. The summed E-state index contributed by atoms with van der Waals surface area (Å²) in [6, 6.07) is 4.40. The van der Waals surface area contributed by atoms with Crippen molar-refractivity contribution in [3.05, 3.63) is 35.6 Å². The third-order valence-corrected chi connectivity index (χ3v) is 2.72. The van der Waals surface area contributed by atoms with Gasteiger partial charge in [-0.05, 0) is 51.0 Å². The van der Waals surface area contributed by atoms with Crippen LogP contribution in [-0.4, -0.2) is 23.5 Å². The number of rotatable bonds is 4. The summed E-state index contributed by atoms with van der Waals surface area (Å²) in [5.74, 6) is -1.45. The number of amides is 1. The summed E-state index contributed by atoms with van der Waals surface area (Å²) in [5.41, 5.74) is -0.323. The molecule has 0 aromatic heterocycles. The Morgan fingerprint density at radius 2 is 1.67 bits per heavy atom. The van der Waals surface area contributed by atoms with Crippen molar-refractivity contribution in [3.63, 3.8) is 0 Å². The molecule has 1 aromatic rings. The van der Waals surface area contributed by atoms with Crippen LogP contribution >= 0.6 is 0 Å². The number of benzene rings is 1. The second-order valence-corrected chi connectivity index (χ2v) is 6.24. The SMILES string of the molecule is CC(C)[C@@H](NC(=O)c1ccc(F)cc1)C(=O)OC(C)(C)C. The van der Waals surface area contributed by atoms with Crippen molar-refractivity contribution in [2.24, 2.45) is 5.92 Å².